The van der Waals surface area contributed by atoms with E-state index in [-0.39, 0.29) is 17.9 Å². The Morgan fingerprint density at radius 1 is 1.32 bits per heavy atom. The van der Waals surface area contributed by atoms with Crippen LogP contribution in [-0.2, 0) is 17.8 Å². The zero-order chi connectivity index (χ0) is 16.3. The van der Waals surface area contributed by atoms with Gasteiger partial charge in [0.2, 0.25) is 5.91 Å². The smallest absolute Gasteiger partial charge is 0.224 e. The molecule has 0 aliphatic carbocycles. The van der Waals surface area contributed by atoms with Crippen LogP contribution in [0.5, 0.6) is 0 Å². The first-order valence-corrected chi connectivity index (χ1v) is 7.84. The van der Waals surface area contributed by atoms with Crippen LogP contribution in [0.3, 0.4) is 0 Å². The van der Waals surface area contributed by atoms with Crippen molar-refractivity contribution in [2.24, 2.45) is 5.41 Å². The van der Waals surface area contributed by atoms with Crippen LogP contribution >= 0.6 is 0 Å². The van der Waals surface area contributed by atoms with Gasteiger partial charge in [-0.05, 0) is 24.0 Å². The number of fused-ring (bicyclic) bond motifs is 1. The van der Waals surface area contributed by atoms with Crippen molar-refractivity contribution in [3.05, 3.63) is 36.0 Å². The van der Waals surface area contributed by atoms with E-state index < -0.39 is 6.10 Å². The number of nitrogens with zero attached hydrogens (tertiary/aromatic N) is 1. The van der Waals surface area contributed by atoms with Crippen LogP contribution in [0.4, 0.5) is 0 Å². The number of rotatable bonds is 5. The highest BCUT2D eigenvalue weighted by molar-refractivity contribution is 5.89. The monoisotopic (exact) mass is 302 g/mol. The van der Waals surface area contributed by atoms with Gasteiger partial charge >= 0.3 is 0 Å². The quantitative estimate of drug-likeness (QED) is 0.892. The van der Waals surface area contributed by atoms with Gasteiger partial charge in [0.1, 0.15) is 0 Å². The molecule has 2 rings (SSSR count). The van der Waals surface area contributed by atoms with E-state index in [1.807, 2.05) is 45.2 Å². The highest BCUT2D eigenvalue weighted by atomic mass is 16.3. The van der Waals surface area contributed by atoms with Gasteiger partial charge in [-0.3, -0.25) is 4.79 Å². The maximum absolute atomic E-state index is 12.2. The highest BCUT2D eigenvalue weighted by Gasteiger charge is 2.22. The topological polar surface area (TPSA) is 54.3 Å². The summed E-state index contributed by atoms with van der Waals surface area (Å²) < 4.78 is 2.15. The fourth-order valence-electron chi connectivity index (χ4n) is 2.48. The summed E-state index contributed by atoms with van der Waals surface area (Å²) >= 11 is 0. The molecule has 22 heavy (non-hydrogen) atoms. The van der Waals surface area contributed by atoms with Crippen molar-refractivity contribution in [1.29, 1.82) is 0 Å². The van der Waals surface area contributed by atoms with Gasteiger partial charge in [-0.25, -0.2) is 0 Å². The van der Waals surface area contributed by atoms with E-state index in [1.54, 1.807) is 0 Å². The molecule has 4 heteroatoms. The molecule has 1 unspecified atom stereocenters. The molecular weight excluding hydrogens is 276 g/mol. The molecule has 2 aromatic rings. The fourth-order valence-corrected chi connectivity index (χ4v) is 2.48. The SMILES string of the molecule is CCn1cc(CC(=O)NCC(O)C(C)(C)C)c2ccccc21. The van der Waals surface area contributed by atoms with Gasteiger partial charge in [0.25, 0.3) is 0 Å². The number of nitrogens with one attached hydrogen (secondary N) is 1. The number of aromatic nitrogens is 1. The molecule has 1 amide bonds. The second kappa shape index (κ2) is 6.53. The van der Waals surface area contributed by atoms with Crippen LogP contribution in [0.25, 0.3) is 10.9 Å². The number of aliphatic hydroxyl groups excluding tert-OH is 1. The van der Waals surface area contributed by atoms with Crippen molar-refractivity contribution in [2.75, 3.05) is 6.54 Å². The normalized spacial score (nSPS) is 13.3. The molecule has 0 saturated heterocycles. The standard InChI is InChI=1S/C18H26N2O2/c1-5-20-12-13(14-8-6-7-9-15(14)20)10-17(22)19-11-16(21)18(2,3)4/h6-9,12,16,21H,5,10-11H2,1-4H3,(H,19,22). The maximum Gasteiger partial charge on any atom is 0.224 e. The first kappa shape index (κ1) is 16.6. The molecule has 0 saturated carbocycles. The lowest BCUT2D eigenvalue weighted by Gasteiger charge is -2.25. The van der Waals surface area contributed by atoms with Crippen LogP contribution in [-0.4, -0.2) is 28.2 Å². The predicted octanol–water partition coefficient (Wildman–Crippen LogP) is 2.73. The Morgan fingerprint density at radius 3 is 2.64 bits per heavy atom. The third-order valence-corrected chi connectivity index (χ3v) is 4.06. The minimum atomic E-state index is -0.548. The Bertz CT molecular complexity index is 653. The third-order valence-electron chi connectivity index (χ3n) is 4.06. The molecule has 1 heterocycles. The van der Waals surface area contributed by atoms with Crippen molar-refractivity contribution in [3.8, 4) is 0 Å². The lowest BCUT2D eigenvalue weighted by Crippen LogP contribution is -2.39. The zero-order valence-corrected chi connectivity index (χ0v) is 13.9. The largest absolute Gasteiger partial charge is 0.391 e. The van der Waals surface area contributed by atoms with Crippen LogP contribution in [0.15, 0.2) is 30.5 Å². The summed E-state index contributed by atoms with van der Waals surface area (Å²) in [7, 11) is 0. The van der Waals surface area contributed by atoms with Gasteiger partial charge in [-0.15, -0.1) is 0 Å². The molecule has 1 aromatic heterocycles. The Morgan fingerprint density at radius 2 is 2.00 bits per heavy atom. The summed E-state index contributed by atoms with van der Waals surface area (Å²) in [5.41, 5.74) is 1.95. The number of hydrogen-bond acceptors (Lipinski definition) is 2. The minimum absolute atomic E-state index is 0.0534. The Kier molecular flexibility index (Phi) is 4.91. The van der Waals surface area contributed by atoms with Gasteiger partial charge < -0.3 is 15.0 Å². The van der Waals surface area contributed by atoms with Crippen molar-refractivity contribution in [2.45, 2.75) is 46.8 Å². The Labute approximate surface area is 132 Å². The van der Waals surface area contributed by atoms with E-state index in [0.29, 0.717) is 6.42 Å². The summed E-state index contributed by atoms with van der Waals surface area (Å²) in [5, 5.41) is 13.9. The number of aryl methyl sites for hydroxylation is 1. The Balaban J connectivity index is 2.06. The highest BCUT2D eigenvalue weighted by Crippen LogP contribution is 2.22. The predicted molar refractivity (Wildman–Crippen MR) is 89.8 cm³/mol. The number of hydrogen-bond donors (Lipinski definition) is 2. The van der Waals surface area contributed by atoms with Crippen molar-refractivity contribution >= 4 is 16.8 Å². The summed E-state index contributed by atoms with van der Waals surface area (Å²) in [6, 6.07) is 8.13. The lowest BCUT2D eigenvalue weighted by atomic mass is 9.89. The van der Waals surface area contributed by atoms with Gasteiger partial charge in [-0.2, -0.15) is 0 Å². The average Bonchev–Trinajstić information content (AvgIpc) is 2.82. The molecule has 0 radical (unpaired) electrons. The van der Waals surface area contributed by atoms with Crippen molar-refractivity contribution < 1.29 is 9.90 Å². The molecule has 1 atom stereocenters. The summed E-state index contributed by atoms with van der Waals surface area (Å²) in [6.45, 7) is 9.13. The first-order valence-electron chi connectivity index (χ1n) is 7.84. The van der Waals surface area contributed by atoms with Crippen LogP contribution < -0.4 is 5.32 Å². The molecule has 120 valence electrons. The second-order valence-corrected chi connectivity index (χ2v) is 6.82. The molecule has 0 aliphatic rings. The van der Waals surface area contributed by atoms with E-state index in [4.69, 9.17) is 0 Å². The first-order chi connectivity index (χ1) is 10.3. The van der Waals surface area contributed by atoms with E-state index >= 15 is 0 Å². The number of carbonyl (C=O) groups is 1. The van der Waals surface area contributed by atoms with Gasteiger partial charge in [0.15, 0.2) is 0 Å². The molecule has 0 spiro atoms. The van der Waals surface area contributed by atoms with E-state index in [2.05, 4.69) is 22.9 Å². The summed E-state index contributed by atoms with van der Waals surface area (Å²) in [5.74, 6) is -0.0534. The summed E-state index contributed by atoms with van der Waals surface area (Å²) in [6.07, 6.45) is 1.84. The number of aliphatic hydroxyl groups is 1. The molecular formula is C18H26N2O2. The molecule has 0 aliphatic heterocycles. The van der Waals surface area contributed by atoms with Gasteiger partial charge in [0, 0.05) is 30.2 Å². The van der Waals surface area contributed by atoms with Gasteiger partial charge in [0.05, 0.1) is 12.5 Å². The number of benzene rings is 1. The minimum Gasteiger partial charge on any atom is -0.391 e. The van der Waals surface area contributed by atoms with Gasteiger partial charge in [-0.1, -0.05) is 39.0 Å². The summed E-state index contributed by atoms with van der Waals surface area (Å²) in [4.78, 5) is 12.2. The van der Waals surface area contributed by atoms with Crippen LogP contribution in [0, 0.1) is 5.41 Å². The number of para-hydroxylation sites is 1. The molecule has 2 N–H and O–H groups in total. The van der Waals surface area contributed by atoms with Crippen LogP contribution in [0.2, 0.25) is 0 Å². The lowest BCUT2D eigenvalue weighted by molar-refractivity contribution is -0.121. The Hall–Kier alpha value is -1.81. The number of amides is 1. The molecule has 0 fully saturated rings. The zero-order valence-electron chi connectivity index (χ0n) is 13.9. The van der Waals surface area contributed by atoms with Crippen molar-refractivity contribution in [3.63, 3.8) is 0 Å². The van der Waals surface area contributed by atoms with E-state index in [9.17, 15) is 9.90 Å². The van der Waals surface area contributed by atoms with E-state index in [1.165, 1.54) is 0 Å². The molecule has 4 nitrogen and oxygen atoms in total. The molecule has 1 aromatic carbocycles. The van der Waals surface area contributed by atoms with Crippen LogP contribution in [0.1, 0.15) is 33.3 Å². The fraction of sp³-hybridized carbons (Fsp3) is 0.500. The van der Waals surface area contributed by atoms with E-state index in [0.717, 1.165) is 23.0 Å². The maximum atomic E-state index is 12.2. The van der Waals surface area contributed by atoms with Crippen molar-refractivity contribution in [1.82, 2.24) is 9.88 Å². The third kappa shape index (κ3) is 3.69. The average molecular weight is 302 g/mol. The second-order valence-electron chi connectivity index (χ2n) is 6.82. The number of carbonyl (C=O) groups excluding carboxylic acids is 1. The molecule has 0 bridgehead atoms.